The van der Waals surface area contributed by atoms with Crippen molar-refractivity contribution >= 4 is 17.6 Å². The molecule has 25 heavy (non-hydrogen) atoms. The monoisotopic (exact) mass is 353 g/mol. The first-order chi connectivity index (χ1) is 11.9. The molecule has 2 rings (SSSR count). The Morgan fingerprint density at radius 2 is 1.84 bits per heavy atom. The molecule has 0 aromatic heterocycles. The van der Waals surface area contributed by atoms with E-state index in [-0.39, 0.29) is 6.42 Å². The lowest BCUT2D eigenvalue weighted by atomic mass is 10.1. The fourth-order valence-corrected chi connectivity index (χ4v) is 1.95. The second-order valence-electron chi connectivity index (χ2n) is 4.96. The van der Waals surface area contributed by atoms with Crippen LogP contribution in [-0.2, 0) is 20.7 Å². The molecule has 5 nitrogen and oxygen atoms in total. The van der Waals surface area contributed by atoms with E-state index in [1.54, 1.807) is 24.3 Å². The first-order valence-corrected chi connectivity index (χ1v) is 7.12. The van der Waals surface area contributed by atoms with Gasteiger partial charge in [0.25, 0.3) is 5.91 Å². The van der Waals surface area contributed by atoms with Gasteiger partial charge >= 0.3 is 5.97 Å². The molecule has 0 aliphatic heterocycles. The van der Waals surface area contributed by atoms with Gasteiger partial charge in [-0.1, -0.05) is 12.1 Å². The van der Waals surface area contributed by atoms with Crippen LogP contribution in [-0.4, -0.2) is 25.6 Å². The summed E-state index contributed by atoms with van der Waals surface area (Å²) in [7, 11) is 1.49. The van der Waals surface area contributed by atoms with Crippen molar-refractivity contribution in [3.8, 4) is 5.75 Å². The molecule has 0 spiro atoms. The highest BCUT2D eigenvalue weighted by atomic mass is 19.2. The molecule has 0 unspecified atom stereocenters. The van der Waals surface area contributed by atoms with Crippen molar-refractivity contribution in [3.05, 3.63) is 59.4 Å². The number of anilines is 1. The van der Waals surface area contributed by atoms with Crippen LogP contribution in [0.25, 0.3) is 0 Å². The first-order valence-electron chi connectivity index (χ1n) is 7.12. The van der Waals surface area contributed by atoms with Gasteiger partial charge in [-0.2, -0.15) is 0 Å². The Kier molecular flexibility index (Phi) is 5.99. The summed E-state index contributed by atoms with van der Waals surface area (Å²) in [5.41, 5.74) is 0.0733. The third-order valence-electron chi connectivity index (χ3n) is 3.16. The number of hydrogen-bond donors (Lipinski definition) is 1. The molecule has 0 bridgehead atoms. The van der Waals surface area contributed by atoms with Gasteiger partial charge in [0, 0.05) is 0 Å². The third kappa shape index (κ3) is 4.97. The molecule has 1 amide bonds. The van der Waals surface area contributed by atoms with Crippen molar-refractivity contribution in [1.82, 2.24) is 0 Å². The second kappa shape index (κ2) is 8.18. The van der Waals surface area contributed by atoms with E-state index in [1.807, 2.05) is 5.32 Å². The number of benzene rings is 2. The summed E-state index contributed by atoms with van der Waals surface area (Å²) in [5.74, 6) is -5.61. The SMILES string of the molecule is COc1cccc(CC(=O)OCC(=O)Nc2ccc(F)c(F)c2F)c1. The van der Waals surface area contributed by atoms with E-state index in [4.69, 9.17) is 9.47 Å². The molecular weight excluding hydrogens is 339 g/mol. The molecule has 0 atom stereocenters. The lowest BCUT2D eigenvalue weighted by molar-refractivity contribution is -0.146. The van der Waals surface area contributed by atoms with Crippen LogP contribution in [0.2, 0.25) is 0 Å². The predicted octanol–water partition coefficient (Wildman–Crippen LogP) is 2.84. The number of ether oxygens (including phenoxy) is 2. The van der Waals surface area contributed by atoms with E-state index < -0.39 is 41.6 Å². The van der Waals surface area contributed by atoms with Gasteiger partial charge in [0.15, 0.2) is 24.1 Å². The van der Waals surface area contributed by atoms with Crippen molar-refractivity contribution < 1.29 is 32.2 Å². The number of carbonyl (C=O) groups is 2. The van der Waals surface area contributed by atoms with Gasteiger partial charge in [0.2, 0.25) is 0 Å². The summed E-state index contributed by atoms with van der Waals surface area (Å²) in [6.07, 6.45) is -0.0932. The number of amides is 1. The molecule has 0 aliphatic rings. The average molecular weight is 353 g/mol. The van der Waals surface area contributed by atoms with Crippen LogP contribution in [0.15, 0.2) is 36.4 Å². The Morgan fingerprint density at radius 1 is 1.08 bits per heavy atom. The first kappa shape index (κ1) is 18.3. The molecule has 1 N–H and O–H groups in total. The molecule has 0 fully saturated rings. The molecule has 0 aliphatic carbocycles. The zero-order chi connectivity index (χ0) is 18.4. The number of carbonyl (C=O) groups excluding carboxylic acids is 2. The third-order valence-corrected chi connectivity index (χ3v) is 3.16. The summed E-state index contributed by atoms with van der Waals surface area (Å²) >= 11 is 0. The standard InChI is InChI=1S/C17H14F3NO4/c1-24-11-4-2-3-10(7-11)8-15(23)25-9-14(22)21-13-6-5-12(18)16(19)17(13)20/h2-7H,8-9H2,1H3,(H,21,22). The Labute approximate surface area is 141 Å². The summed E-state index contributed by atoms with van der Waals surface area (Å²) in [5, 5.41) is 2.00. The van der Waals surface area contributed by atoms with Crippen LogP contribution in [0, 0.1) is 17.5 Å². The van der Waals surface area contributed by atoms with Crippen LogP contribution >= 0.6 is 0 Å². The van der Waals surface area contributed by atoms with Crippen LogP contribution < -0.4 is 10.1 Å². The van der Waals surface area contributed by atoms with E-state index in [0.29, 0.717) is 17.4 Å². The van der Waals surface area contributed by atoms with Gasteiger partial charge in [0.05, 0.1) is 19.2 Å². The summed E-state index contributed by atoms with van der Waals surface area (Å²) in [6, 6.07) is 8.25. The van der Waals surface area contributed by atoms with Crippen LogP contribution in [0.1, 0.15) is 5.56 Å². The van der Waals surface area contributed by atoms with E-state index >= 15 is 0 Å². The van der Waals surface area contributed by atoms with E-state index in [1.165, 1.54) is 7.11 Å². The molecule has 0 saturated heterocycles. The van der Waals surface area contributed by atoms with Crippen molar-refractivity contribution in [2.24, 2.45) is 0 Å². The Morgan fingerprint density at radius 3 is 2.56 bits per heavy atom. The molecule has 2 aromatic rings. The van der Waals surface area contributed by atoms with E-state index in [0.717, 1.165) is 6.07 Å². The summed E-state index contributed by atoms with van der Waals surface area (Å²) in [6.45, 7) is -0.693. The van der Waals surface area contributed by atoms with E-state index in [2.05, 4.69) is 0 Å². The fourth-order valence-electron chi connectivity index (χ4n) is 1.95. The number of halogens is 3. The molecule has 8 heteroatoms. The van der Waals surface area contributed by atoms with Crippen molar-refractivity contribution in [1.29, 1.82) is 0 Å². The van der Waals surface area contributed by atoms with Crippen LogP contribution in [0.4, 0.5) is 18.9 Å². The highest BCUT2D eigenvalue weighted by Gasteiger charge is 2.16. The second-order valence-corrected chi connectivity index (χ2v) is 4.96. The highest BCUT2D eigenvalue weighted by Crippen LogP contribution is 2.19. The number of hydrogen-bond acceptors (Lipinski definition) is 4. The maximum absolute atomic E-state index is 13.4. The molecule has 0 heterocycles. The van der Waals surface area contributed by atoms with Gasteiger partial charge in [-0.15, -0.1) is 0 Å². The Bertz CT molecular complexity index is 795. The number of nitrogens with one attached hydrogen (secondary N) is 1. The zero-order valence-corrected chi connectivity index (χ0v) is 13.1. The lowest BCUT2D eigenvalue weighted by Gasteiger charge is -2.08. The fraction of sp³-hybridized carbons (Fsp3) is 0.176. The smallest absolute Gasteiger partial charge is 0.310 e. The zero-order valence-electron chi connectivity index (χ0n) is 13.1. The topological polar surface area (TPSA) is 64.6 Å². The minimum atomic E-state index is -1.70. The van der Waals surface area contributed by atoms with Gasteiger partial charge < -0.3 is 14.8 Å². The molecule has 0 radical (unpaired) electrons. The maximum atomic E-state index is 13.4. The number of methoxy groups -OCH3 is 1. The maximum Gasteiger partial charge on any atom is 0.310 e. The summed E-state index contributed by atoms with van der Waals surface area (Å²) < 4.78 is 49.1. The lowest BCUT2D eigenvalue weighted by Crippen LogP contribution is -2.22. The largest absolute Gasteiger partial charge is 0.497 e. The van der Waals surface area contributed by atoms with Crippen LogP contribution in [0.3, 0.4) is 0 Å². The Balaban J connectivity index is 1.87. The molecule has 2 aromatic carbocycles. The van der Waals surface area contributed by atoms with Crippen molar-refractivity contribution in [3.63, 3.8) is 0 Å². The van der Waals surface area contributed by atoms with Gasteiger partial charge in [0.1, 0.15) is 5.75 Å². The minimum Gasteiger partial charge on any atom is -0.497 e. The molecule has 0 saturated carbocycles. The predicted molar refractivity (Wildman–Crippen MR) is 82.6 cm³/mol. The van der Waals surface area contributed by atoms with E-state index in [9.17, 15) is 22.8 Å². The number of rotatable bonds is 6. The minimum absolute atomic E-state index is 0.0932. The normalized spacial score (nSPS) is 10.2. The molecular formula is C17H14F3NO4. The molecule has 132 valence electrons. The Hall–Kier alpha value is -3.03. The quantitative estimate of drug-likeness (QED) is 0.641. The van der Waals surface area contributed by atoms with Crippen molar-refractivity contribution in [2.75, 3.05) is 19.0 Å². The van der Waals surface area contributed by atoms with Gasteiger partial charge in [-0.25, -0.2) is 13.2 Å². The highest BCUT2D eigenvalue weighted by molar-refractivity contribution is 5.93. The van der Waals surface area contributed by atoms with Gasteiger partial charge in [-0.3, -0.25) is 9.59 Å². The average Bonchev–Trinajstić information content (AvgIpc) is 2.60. The van der Waals surface area contributed by atoms with Gasteiger partial charge in [-0.05, 0) is 29.8 Å². The summed E-state index contributed by atoms with van der Waals surface area (Å²) in [4.78, 5) is 23.3. The number of esters is 1. The van der Waals surface area contributed by atoms with Crippen molar-refractivity contribution in [2.45, 2.75) is 6.42 Å². The van der Waals surface area contributed by atoms with Crippen LogP contribution in [0.5, 0.6) is 5.75 Å².